The molecule has 2 aromatic heterocycles. The summed E-state index contributed by atoms with van der Waals surface area (Å²) in [5.74, 6) is 0.437. The van der Waals surface area contributed by atoms with Gasteiger partial charge in [0.1, 0.15) is 54.9 Å². The van der Waals surface area contributed by atoms with E-state index in [2.05, 4.69) is 30.6 Å². The largest absolute Gasteiger partial charge is 0.489 e. The third-order valence-corrected chi connectivity index (χ3v) is 8.00. The first-order valence-electron chi connectivity index (χ1n) is 16.4. The molecular formula is C36H34Cl2F2FeN8O6. The molecule has 0 unspecified atom stereocenters. The van der Waals surface area contributed by atoms with E-state index in [9.17, 15) is 18.9 Å². The summed E-state index contributed by atoms with van der Waals surface area (Å²) < 4.78 is 48.2. The maximum atomic E-state index is 13.3. The van der Waals surface area contributed by atoms with Crippen LogP contribution in [0.3, 0.4) is 0 Å². The summed E-state index contributed by atoms with van der Waals surface area (Å²) in [4.78, 5) is 27.7. The number of nitrogens with one attached hydrogen (secondary N) is 2. The first-order valence-corrected chi connectivity index (χ1v) is 17.2. The van der Waals surface area contributed by atoms with Crippen molar-refractivity contribution in [2.24, 2.45) is 0 Å². The molecular weight excluding hydrogens is 805 g/mol. The molecule has 0 spiro atoms. The maximum Gasteiger partial charge on any atom is 0.311 e. The minimum Gasteiger partial charge on any atom is -0.489 e. The van der Waals surface area contributed by atoms with Crippen molar-refractivity contribution in [2.45, 2.75) is 13.8 Å². The number of hydrogen-bond acceptors (Lipinski definition) is 13. The van der Waals surface area contributed by atoms with Crippen LogP contribution < -0.4 is 25.8 Å². The summed E-state index contributed by atoms with van der Waals surface area (Å²) >= 11 is 11.6. The fraction of sp³-hybridized carbons (Fsp3) is 0.222. The smallest absolute Gasteiger partial charge is 0.311 e. The Labute approximate surface area is 334 Å². The van der Waals surface area contributed by atoms with Crippen LogP contribution in [0.15, 0.2) is 73.3 Å². The quantitative estimate of drug-likeness (QED) is 0.0294. The Bertz CT molecular complexity index is 2260. The standard InChI is InChI=1S/C18H16ClFN4O4.C18H18ClFN4O2.Fe/c1-2-27-5-6-28-17-9-15-12(8-16(17)24(25)26)18(22-10-21-15)23-11-3-4-14(20)13(19)7-11;1-2-25-5-6-26-17-9-16-12(8-15(17)21)18(23-10-22-16)24-11-3-4-14(20)13(19)7-11;/h3-4,7-10H,2,5-6H2,1H3,(H,21,22,23);3-4,7-10H,2,5-6,21H2,1H3,(H,22,23,24);. The number of nitrogens with zero attached hydrogens (tertiary/aromatic N) is 5. The third kappa shape index (κ3) is 11.4. The first-order chi connectivity index (χ1) is 26.1. The van der Waals surface area contributed by atoms with Gasteiger partial charge in [0.05, 0.1) is 50.3 Å². The Balaban J connectivity index is 0.000000241. The Morgan fingerprint density at radius 3 is 1.65 bits per heavy atom. The number of nitrogen functional groups attached to an aromatic ring is 1. The van der Waals surface area contributed by atoms with Crippen LogP contribution in [0.4, 0.5) is 43.2 Å². The summed E-state index contributed by atoms with van der Waals surface area (Å²) in [6.45, 7) is 6.29. The van der Waals surface area contributed by atoms with Crippen LogP contribution in [0.25, 0.3) is 21.8 Å². The summed E-state index contributed by atoms with van der Waals surface area (Å²) in [6.07, 6.45) is 2.74. The topological polar surface area (TPSA) is 182 Å². The number of aromatic nitrogens is 4. The number of fused-ring (bicyclic) bond motifs is 2. The van der Waals surface area contributed by atoms with Gasteiger partial charge in [-0.3, -0.25) is 10.1 Å². The molecule has 2 heterocycles. The van der Waals surface area contributed by atoms with E-state index in [1.54, 1.807) is 18.2 Å². The SMILES string of the molecule is CCOCCOc1cc2ncnc(Nc3ccc(F)c(Cl)c3)c2cc1N.CCOCCOc1cc2ncnc(Nc3ccc(F)c(Cl)c3)c2cc1[N+](=O)[O-].[Fe]. The number of nitro benzene ring substituents is 1. The monoisotopic (exact) mass is 838 g/mol. The molecule has 55 heavy (non-hydrogen) atoms. The number of anilines is 5. The number of ether oxygens (including phenoxy) is 4. The number of nitrogens with two attached hydrogens (primary N) is 1. The molecule has 4 N–H and O–H groups in total. The zero-order valence-corrected chi connectivity index (χ0v) is 31.9. The van der Waals surface area contributed by atoms with Crippen LogP contribution in [0, 0.1) is 21.7 Å². The van der Waals surface area contributed by atoms with Gasteiger partial charge in [-0.25, -0.2) is 28.7 Å². The van der Waals surface area contributed by atoms with Gasteiger partial charge in [-0.2, -0.15) is 0 Å². The van der Waals surface area contributed by atoms with E-state index in [1.807, 2.05) is 13.8 Å². The van der Waals surface area contributed by atoms with Gasteiger partial charge in [0, 0.05) is 65.2 Å². The van der Waals surface area contributed by atoms with Gasteiger partial charge in [0.25, 0.3) is 0 Å². The molecule has 0 amide bonds. The Morgan fingerprint density at radius 1 is 0.709 bits per heavy atom. The van der Waals surface area contributed by atoms with Crippen molar-refractivity contribution in [2.75, 3.05) is 56.0 Å². The summed E-state index contributed by atoms with van der Waals surface area (Å²) in [7, 11) is 0. The summed E-state index contributed by atoms with van der Waals surface area (Å²) in [6, 6.07) is 14.7. The first kappa shape index (κ1) is 42.6. The molecule has 0 aliphatic carbocycles. The van der Waals surface area contributed by atoms with E-state index in [-0.39, 0.29) is 45.2 Å². The van der Waals surface area contributed by atoms with Gasteiger partial charge < -0.3 is 35.3 Å². The van der Waals surface area contributed by atoms with Crippen molar-refractivity contribution in [1.29, 1.82) is 0 Å². The molecule has 6 rings (SSSR count). The Hall–Kier alpha value is -5.16. The molecule has 0 fully saturated rings. The van der Waals surface area contributed by atoms with Crippen molar-refractivity contribution in [3.63, 3.8) is 0 Å². The van der Waals surface area contributed by atoms with Crippen LogP contribution >= 0.6 is 23.2 Å². The van der Waals surface area contributed by atoms with Gasteiger partial charge in [-0.05, 0) is 56.3 Å². The minimum atomic E-state index is -0.552. The summed E-state index contributed by atoms with van der Waals surface area (Å²) in [5, 5.41) is 18.6. The van der Waals surface area contributed by atoms with Gasteiger partial charge in [0.15, 0.2) is 5.75 Å². The van der Waals surface area contributed by atoms with Crippen molar-refractivity contribution < 1.29 is 49.7 Å². The maximum absolute atomic E-state index is 13.3. The summed E-state index contributed by atoms with van der Waals surface area (Å²) in [5.41, 5.74) is 8.52. The van der Waals surface area contributed by atoms with E-state index in [1.165, 1.54) is 55.1 Å². The molecule has 4 aromatic carbocycles. The molecule has 0 aliphatic heterocycles. The van der Waals surface area contributed by atoms with Crippen molar-refractivity contribution >= 4 is 79.4 Å². The normalized spacial score (nSPS) is 10.7. The van der Waals surface area contributed by atoms with E-state index < -0.39 is 16.6 Å². The second-order valence-corrected chi connectivity index (χ2v) is 11.9. The minimum absolute atomic E-state index is 0. The van der Waals surface area contributed by atoms with E-state index >= 15 is 0 Å². The van der Waals surface area contributed by atoms with Crippen LogP contribution in [0.5, 0.6) is 11.5 Å². The fourth-order valence-corrected chi connectivity index (χ4v) is 5.25. The zero-order chi connectivity index (χ0) is 38.6. The van der Waals surface area contributed by atoms with Gasteiger partial charge >= 0.3 is 5.69 Å². The second-order valence-electron chi connectivity index (χ2n) is 11.0. The molecule has 0 radical (unpaired) electrons. The number of hydrogen-bond donors (Lipinski definition) is 3. The molecule has 6 aromatic rings. The molecule has 0 saturated carbocycles. The molecule has 0 aliphatic rings. The number of nitro groups is 1. The third-order valence-electron chi connectivity index (χ3n) is 7.42. The van der Waals surface area contributed by atoms with Crippen molar-refractivity contribution in [1.82, 2.24) is 19.9 Å². The average Bonchev–Trinajstić information content (AvgIpc) is 3.15. The predicted molar refractivity (Wildman–Crippen MR) is 204 cm³/mol. The second kappa shape index (κ2) is 20.5. The number of rotatable bonds is 15. The van der Waals surface area contributed by atoms with E-state index in [0.717, 1.165) is 0 Å². The van der Waals surface area contributed by atoms with Gasteiger partial charge in [-0.1, -0.05) is 23.2 Å². The van der Waals surface area contributed by atoms with E-state index in [4.69, 9.17) is 47.9 Å². The Kier molecular flexibility index (Phi) is 15.9. The van der Waals surface area contributed by atoms with E-state index in [0.29, 0.717) is 89.3 Å². The molecule has 0 saturated heterocycles. The van der Waals surface area contributed by atoms with Crippen LogP contribution in [-0.4, -0.2) is 64.5 Å². The fourth-order valence-electron chi connectivity index (χ4n) is 4.89. The number of benzene rings is 4. The average molecular weight is 839 g/mol. The van der Waals surface area contributed by atoms with Gasteiger partial charge in [-0.15, -0.1) is 0 Å². The van der Waals surface area contributed by atoms with Crippen LogP contribution in [0.1, 0.15) is 13.8 Å². The van der Waals surface area contributed by atoms with Crippen molar-refractivity contribution in [3.8, 4) is 11.5 Å². The zero-order valence-electron chi connectivity index (χ0n) is 29.3. The molecule has 290 valence electrons. The molecule has 0 atom stereocenters. The molecule has 19 heteroatoms. The molecule has 14 nitrogen and oxygen atoms in total. The van der Waals surface area contributed by atoms with Crippen LogP contribution in [-0.2, 0) is 26.5 Å². The Morgan fingerprint density at radius 2 is 1.18 bits per heavy atom. The molecule has 0 bridgehead atoms. The van der Waals surface area contributed by atoms with Crippen molar-refractivity contribution in [3.05, 3.63) is 105 Å². The predicted octanol–water partition coefficient (Wildman–Crippen LogP) is 8.65. The van der Waals surface area contributed by atoms with Gasteiger partial charge in [0.2, 0.25) is 0 Å². The number of halogens is 4. The van der Waals surface area contributed by atoms with Crippen LogP contribution in [0.2, 0.25) is 10.0 Å².